The molecule has 9 heteroatoms. The van der Waals surface area contributed by atoms with E-state index in [9.17, 15) is 30.6 Å². The summed E-state index contributed by atoms with van der Waals surface area (Å²) in [6, 6.07) is 17.0. The van der Waals surface area contributed by atoms with Crippen molar-refractivity contribution in [2.45, 2.75) is 31.3 Å². The van der Waals surface area contributed by atoms with Gasteiger partial charge in [0, 0.05) is 40.8 Å². The Balaban J connectivity index is 0.000000384. The molecule has 0 aromatic heterocycles. The van der Waals surface area contributed by atoms with Gasteiger partial charge in [0.15, 0.2) is 11.5 Å². The van der Waals surface area contributed by atoms with E-state index in [1.54, 1.807) is 30.3 Å². The highest BCUT2D eigenvalue weighted by molar-refractivity contribution is 5.64. The Morgan fingerprint density at radius 1 is 0.615 bits per heavy atom. The number of phenolic OH excluding ortho intramolecular Hbond substituents is 7. The van der Waals surface area contributed by atoms with Gasteiger partial charge in [0.1, 0.15) is 46.4 Å². The van der Waals surface area contributed by atoms with Crippen LogP contribution in [0.3, 0.4) is 0 Å². The van der Waals surface area contributed by atoms with Gasteiger partial charge in [-0.25, -0.2) is 0 Å². The topological polar surface area (TPSA) is 160 Å². The molecule has 1 unspecified atom stereocenters. The van der Waals surface area contributed by atoms with Gasteiger partial charge in [0.05, 0.1) is 6.61 Å². The highest BCUT2D eigenvalue weighted by Crippen LogP contribution is 2.54. The third-order valence-corrected chi connectivity index (χ3v) is 6.89. The van der Waals surface area contributed by atoms with E-state index in [2.05, 4.69) is 0 Å². The minimum absolute atomic E-state index is 0.0329. The second-order valence-electron chi connectivity index (χ2n) is 9.43. The molecule has 39 heavy (non-hydrogen) atoms. The van der Waals surface area contributed by atoms with Gasteiger partial charge in [-0.05, 0) is 49.1 Å². The van der Waals surface area contributed by atoms with Crippen molar-refractivity contribution in [3.63, 3.8) is 0 Å². The lowest BCUT2D eigenvalue weighted by atomic mass is 9.82. The van der Waals surface area contributed by atoms with E-state index >= 15 is 0 Å². The fraction of sp³-hybridized carbons (Fsp3) is 0.200. The van der Waals surface area contributed by atoms with E-state index in [0.717, 1.165) is 0 Å². The summed E-state index contributed by atoms with van der Waals surface area (Å²) in [4.78, 5) is 0. The highest BCUT2D eigenvalue weighted by Gasteiger charge is 2.36. The molecular weight excluding hydrogens is 504 g/mol. The molecule has 0 radical (unpaired) electrons. The maximum absolute atomic E-state index is 10.6. The van der Waals surface area contributed by atoms with Crippen LogP contribution in [0.15, 0.2) is 66.7 Å². The Morgan fingerprint density at radius 3 is 1.97 bits per heavy atom. The van der Waals surface area contributed by atoms with Gasteiger partial charge < -0.3 is 45.2 Å². The highest BCUT2D eigenvalue weighted by atomic mass is 16.5. The first-order valence-electron chi connectivity index (χ1n) is 12.4. The Hall–Kier alpha value is -4.92. The number of aromatic hydroxyl groups is 7. The van der Waals surface area contributed by atoms with E-state index in [-0.39, 0.29) is 40.1 Å². The van der Waals surface area contributed by atoms with E-state index in [1.807, 2.05) is 6.07 Å². The minimum atomic E-state index is -0.499. The standard InChI is InChI=1S/C24H22O8.C6H6O/c25-12-8-18(29)22(19(30)9-12)14-5-6-31-21-10-16(27)13-2-4-20(32-24(13)23(14)21)11-1-3-15(26)17(28)7-11;7-6-4-2-1-3-5-6/h1,3,7-10,14,20,25-30H,2,4-6H2;1-5,7H/t14-,20?;/m1./s1. The lowest BCUT2D eigenvalue weighted by molar-refractivity contribution is 0.166. The van der Waals surface area contributed by atoms with Crippen molar-refractivity contribution < 1.29 is 45.2 Å². The predicted octanol–water partition coefficient (Wildman–Crippen LogP) is 5.29. The molecule has 2 atom stereocenters. The van der Waals surface area contributed by atoms with Crippen LogP contribution in [0.5, 0.6) is 51.7 Å². The van der Waals surface area contributed by atoms with E-state index in [1.165, 1.54) is 30.3 Å². The lowest BCUT2D eigenvalue weighted by Crippen LogP contribution is -2.22. The van der Waals surface area contributed by atoms with Crippen LogP contribution >= 0.6 is 0 Å². The third kappa shape index (κ3) is 5.11. The van der Waals surface area contributed by atoms with Crippen LogP contribution in [0.1, 0.15) is 47.1 Å². The normalized spacial score (nSPS) is 17.4. The van der Waals surface area contributed by atoms with Crippen LogP contribution in [0, 0.1) is 0 Å². The first-order valence-corrected chi connectivity index (χ1v) is 12.4. The van der Waals surface area contributed by atoms with Crippen LogP contribution in [0.2, 0.25) is 0 Å². The molecule has 0 spiro atoms. The zero-order chi connectivity index (χ0) is 27.7. The van der Waals surface area contributed by atoms with Crippen LogP contribution in [0.25, 0.3) is 0 Å². The molecule has 0 amide bonds. The number of ether oxygens (including phenoxy) is 2. The number of fused-ring (bicyclic) bond motifs is 3. The summed E-state index contributed by atoms with van der Waals surface area (Å²) in [5, 5.41) is 69.4. The monoisotopic (exact) mass is 532 g/mol. The zero-order valence-electron chi connectivity index (χ0n) is 20.8. The molecule has 4 aromatic carbocycles. The maximum Gasteiger partial charge on any atom is 0.157 e. The summed E-state index contributed by atoms with van der Waals surface area (Å²) < 4.78 is 12.1. The number of para-hydroxylation sites is 1. The molecule has 2 aliphatic heterocycles. The Labute approximate surface area is 224 Å². The minimum Gasteiger partial charge on any atom is -0.508 e. The van der Waals surface area contributed by atoms with E-state index in [0.29, 0.717) is 59.8 Å². The summed E-state index contributed by atoms with van der Waals surface area (Å²) in [5.74, 6) is -0.599. The Kier molecular flexibility index (Phi) is 6.89. The van der Waals surface area contributed by atoms with Crippen LogP contribution in [-0.2, 0) is 6.42 Å². The smallest absolute Gasteiger partial charge is 0.157 e. The summed E-state index contributed by atoms with van der Waals surface area (Å²) in [7, 11) is 0. The average Bonchev–Trinajstić information content (AvgIpc) is 2.90. The SMILES string of the molecule is Oc1cc(O)c([C@H]2CCOc3cc(O)c4c(c32)OC(c2ccc(O)c(O)c2)CC4)c(O)c1.Oc1ccccc1. The van der Waals surface area contributed by atoms with Crippen LogP contribution in [0.4, 0.5) is 0 Å². The van der Waals surface area contributed by atoms with Crippen molar-refractivity contribution in [2.75, 3.05) is 6.61 Å². The fourth-order valence-electron chi connectivity index (χ4n) is 5.07. The zero-order valence-corrected chi connectivity index (χ0v) is 20.8. The number of benzene rings is 4. The van der Waals surface area contributed by atoms with Gasteiger partial charge in [0.2, 0.25) is 0 Å². The van der Waals surface area contributed by atoms with E-state index in [4.69, 9.17) is 14.6 Å². The van der Waals surface area contributed by atoms with Crippen LogP contribution < -0.4 is 9.47 Å². The second-order valence-corrected chi connectivity index (χ2v) is 9.43. The van der Waals surface area contributed by atoms with Gasteiger partial charge in [-0.15, -0.1) is 0 Å². The molecule has 6 rings (SSSR count). The molecule has 202 valence electrons. The maximum atomic E-state index is 10.6. The molecule has 0 saturated heterocycles. The molecule has 4 aromatic rings. The van der Waals surface area contributed by atoms with Gasteiger partial charge in [-0.2, -0.15) is 0 Å². The van der Waals surface area contributed by atoms with Gasteiger partial charge in [0.25, 0.3) is 0 Å². The number of hydrogen-bond donors (Lipinski definition) is 7. The van der Waals surface area contributed by atoms with Gasteiger partial charge >= 0.3 is 0 Å². The summed E-state index contributed by atoms with van der Waals surface area (Å²) >= 11 is 0. The molecule has 7 N–H and O–H groups in total. The van der Waals surface area contributed by atoms with Gasteiger partial charge in [-0.3, -0.25) is 0 Å². The molecule has 0 fully saturated rings. The van der Waals surface area contributed by atoms with Crippen molar-refractivity contribution in [2.24, 2.45) is 0 Å². The van der Waals surface area contributed by atoms with Crippen LogP contribution in [-0.4, -0.2) is 42.4 Å². The first kappa shape index (κ1) is 25.7. The van der Waals surface area contributed by atoms with E-state index < -0.39 is 12.0 Å². The summed E-state index contributed by atoms with van der Waals surface area (Å²) in [6.07, 6.45) is 1.00. The Bertz CT molecular complexity index is 1480. The average molecular weight is 533 g/mol. The third-order valence-electron chi connectivity index (χ3n) is 6.89. The van der Waals surface area contributed by atoms with Crippen molar-refractivity contribution >= 4 is 0 Å². The summed E-state index contributed by atoms with van der Waals surface area (Å²) in [5.41, 5.74) is 2.09. The van der Waals surface area contributed by atoms with Crippen molar-refractivity contribution in [3.05, 3.63) is 89.0 Å². The van der Waals surface area contributed by atoms with Crippen molar-refractivity contribution in [3.8, 4) is 51.7 Å². The Morgan fingerprint density at radius 2 is 1.33 bits per heavy atom. The number of hydrogen-bond acceptors (Lipinski definition) is 9. The molecular formula is C30H28O9. The molecule has 2 aliphatic rings. The first-order chi connectivity index (χ1) is 18.7. The summed E-state index contributed by atoms with van der Waals surface area (Å²) in [6.45, 7) is 0.297. The molecule has 2 heterocycles. The second kappa shape index (κ2) is 10.4. The number of phenols is 7. The molecule has 0 aliphatic carbocycles. The molecule has 0 saturated carbocycles. The fourth-order valence-corrected chi connectivity index (χ4v) is 5.07. The molecule has 9 nitrogen and oxygen atoms in total. The largest absolute Gasteiger partial charge is 0.508 e. The number of rotatable bonds is 2. The predicted molar refractivity (Wildman–Crippen MR) is 141 cm³/mol. The lowest BCUT2D eigenvalue weighted by Gasteiger charge is -2.34. The van der Waals surface area contributed by atoms with Gasteiger partial charge in [-0.1, -0.05) is 24.3 Å². The molecule has 0 bridgehead atoms. The van der Waals surface area contributed by atoms with Crippen molar-refractivity contribution in [1.82, 2.24) is 0 Å². The quantitative estimate of drug-likeness (QED) is 0.170. The van der Waals surface area contributed by atoms with Crippen molar-refractivity contribution in [1.29, 1.82) is 0 Å².